The van der Waals surface area contributed by atoms with Crippen molar-refractivity contribution in [2.24, 2.45) is 5.92 Å². The summed E-state index contributed by atoms with van der Waals surface area (Å²) < 4.78 is 10.9. The highest BCUT2D eigenvalue weighted by Crippen LogP contribution is 2.22. The fourth-order valence-electron chi connectivity index (χ4n) is 2.91. The largest absolute Gasteiger partial charge is 0.384 e. The third-order valence-electron chi connectivity index (χ3n) is 3.89. The average molecular weight is 263 g/mol. The van der Waals surface area contributed by atoms with Gasteiger partial charge in [-0.15, -0.1) is 0 Å². The van der Waals surface area contributed by atoms with Crippen LogP contribution in [-0.2, 0) is 9.47 Å². The van der Waals surface area contributed by atoms with Gasteiger partial charge < -0.3 is 14.4 Å². The first-order valence-electron chi connectivity index (χ1n) is 7.12. The zero-order valence-electron chi connectivity index (χ0n) is 12.0. The Morgan fingerprint density at radius 2 is 2.05 bits per heavy atom. The molecule has 1 aliphatic rings. The van der Waals surface area contributed by atoms with Crippen molar-refractivity contribution in [2.75, 3.05) is 40.5 Å². The van der Waals surface area contributed by atoms with Crippen molar-refractivity contribution >= 4 is 0 Å². The average Bonchev–Trinajstić information content (AvgIpc) is 2.46. The first-order chi connectivity index (χ1) is 9.33. The number of ether oxygens (including phenoxy) is 2. The van der Waals surface area contributed by atoms with Gasteiger partial charge in [0, 0.05) is 27.3 Å². The molecule has 1 aromatic rings. The number of hydrogen-bond donors (Lipinski definition) is 0. The summed E-state index contributed by atoms with van der Waals surface area (Å²) in [5.41, 5.74) is 1.26. The van der Waals surface area contributed by atoms with Gasteiger partial charge in [-0.3, -0.25) is 0 Å². The van der Waals surface area contributed by atoms with E-state index in [1.165, 1.54) is 24.9 Å². The molecule has 1 aromatic carbocycles. The highest BCUT2D eigenvalue weighted by Gasteiger charge is 2.22. The zero-order chi connectivity index (χ0) is 13.5. The summed E-state index contributed by atoms with van der Waals surface area (Å²) in [4.78, 5) is 2.51. The smallest absolute Gasteiger partial charge is 0.0947 e. The Hall–Kier alpha value is -0.900. The first-order valence-corrected chi connectivity index (χ1v) is 7.12. The molecular weight excluding hydrogens is 238 g/mol. The highest BCUT2D eigenvalue weighted by atomic mass is 16.5. The van der Waals surface area contributed by atoms with E-state index in [0.717, 1.165) is 19.7 Å². The number of benzene rings is 1. The van der Waals surface area contributed by atoms with Gasteiger partial charge in [-0.2, -0.15) is 0 Å². The molecule has 2 atom stereocenters. The fraction of sp³-hybridized carbons (Fsp3) is 0.625. The lowest BCUT2D eigenvalue weighted by Gasteiger charge is -2.34. The van der Waals surface area contributed by atoms with Crippen LogP contribution in [0.1, 0.15) is 24.5 Å². The van der Waals surface area contributed by atoms with Crippen molar-refractivity contribution in [3.63, 3.8) is 0 Å². The molecule has 1 aliphatic heterocycles. The summed E-state index contributed by atoms with van der Waals surface area (Å²) in [7, 11) is 3.59. The maximum atomic E-state index is 5.66. The molecule has 0 bridgehead atoms. The number of hydrogen-bond acceptors (Lipinski definition) is 3. The predicted octanol–water partition coefficient (Wildman–Crippen LogP) is 2.73. The lowest BCUT2D eigenvalue weighted by Crippen LogP contribution is -2.39. The molecule has 1 saturated heterocycles. The maximum Gasteiger partial charge on any atom is 0.0947 e. The second-order valence-corrected chi connectivity index (χ2v) is 5.36. The molecule has 2 rings (SSSR count). The van der Waals surface area contributed by atoms with Crippen LogP contribution in [0.3, 0.4) is 0 Å². The number of piperidine rings is 1. The Kier molecular flexibility index (Phi) is 5.83. The molecule has 0 saturated carbocycles. The van der Waals surface area contributed by atoms with E-state index in [4.69, 9.17) is 9.47 Å². The molecule has 1 heterocycles. The van der Waals surface area contributed by atoms with Gasteiger partial charge >= 0.3 is 0 Å². The van der Waals surface area contributed by atoms with Gasteiger partial charge in [-0.25, -0.2) is 0 Å². The fourth-order valence-corrected chi connectivity index (χ4v) is 2.91. The molecule has 0 N–H and O–H groups in total. The van der Waals surface area contributed by atoms with Crippen LogP contribution in [0.5, 0.6) is 0 Å². The van der Waals surface area contributed by atoms with Crippen molar-refractivity contribution in [3.05, 3.63) is 35.9 Å². The standard InChI is InChI=1S/C16H25NO2/c1-18-13-14-7-6-10-17(11-14)12-16(19-2)15-8-4-3-5-9-15/h3-5,8-9,14,16H,6-7,10-13H2,1-2H3/t14-,16+/m0/s1. The van der Waals surface area contributed by atoms with E-state index in [9.17, 15) is 0 Å². The van der Waals surface area contributed by atoms with Gasteiger partial charge in [-0.1, -0.05) is 30.3 Å². The van der Waals surface area contributed by atoms with Crippen LogP contribution in [0.2, 0.25) is 0 Å². The summed E-state index contributed by atoms with van der Waals surface area (Å²) >= 11 is 0. The van der Waals surface area contributed by atoms with Crippen molar-refractivity contribution in [2.45, 2.75) is 18.9 Å². The quantitative estimate of drug-likeness (QED) is 0.787. The van der Waals surface area contributed by atoms with E-state index < -0.39 is 0 Å². The Bertz CT molecular complexity index is 353. The van der Waals surface area contributed by atoms with E-state index in [2.05, 4.69) is 29.2 Å². The molecule has 0 unspecified atom stereocenters. The third-order valence-corrected chi connectivity index (χ3v) is 3.89. The van der Waals surface area contributed by atoms with Crippen LogP contribution in [0, 0.1) is 5.92 Å². The van der Waals surface area contributed by atoms with Crippen LogP contribution < -0.4 is 0 Å². The SMILES string of the molecule is COC[C@H]1CCCN(C[C@@H](OC)c2ccccc2)C1. The van der Waals surface area contributed by atoms with E-state index in [-0.39, 0.29) is 6.10 Å². The monoisotopic (exact) mass is 263 g/mol. The molecule has 0 aliphatic carbocycles. The minimum atomic E-state index is 0.169. The van der Waals surface area contributed by atoms with Gasteiger partial charge in [0.2, 0.25) is 0 Å². The van der Waals surface area contributed by atoms with Crippen molar-refractivity contribution in [1.29, 1.82) is 0 Å². The lowest BCUT2D eigenvalue weighted by molar-refractivity contribution is 0.0335. The second-order valence-electron chi connectivity index (χ2n) is 5.36. The minimum absolute atomic E-state index is 0.169. The molecule has 0 amide bonds. The molecule has 106 valence electrons. The highest BCUT2D eigenvalue weighted by molar-refractivity contribution is 5.17. The van der Waals surface area contributed by atoms with Gasteiger partial charge in [0.15, 0.2) is 0 Å². The van der Waals surface area contributed by atoms with Gasteiger partial charge in [0.1, 0.15) is 0 Å². The van der Waals surface area contributed by atoms with Gasteiger partial charge in [-0.05, 0) is 30.9 Å². The van der Waals surface area contributed by atoms with Crippen LogP contribution >= 0.6 is 0 Å². The zero-order valence-corrected chi connectivity index (χ0v) is 12.0. The van der Waals surface area contributed by atoms with Crippen LogP contribution in [0.25, 0.3) is 0 Å². The molecule has 0 spiro atoms. The normalized spacial score (nSPS) is 22.3. The molecule has 0 aromatic heterocycles. The first kappa shape index (κ1) is 14.5. The summed E-state index contributed by atoms with van der Waals surface area (Å²) in [6.07, 6.45) is 2.72. The lowest BCUT2D eigenvalue weighted by atomic mass is 9.98. The molecule has 3 heteroatoms. The summed E-state index contributed by atoms with van der Waals surface area (Å²) in [6.45, 7) is 4.15. The van der Waals surface area contributed by atoms with E-state index >= 15 is 0 Å². The van der Waals surface area contributed by atoms with Crippen molar-refractivity contribution in [3.8, 4) is 0 Å². The number of nitrogens with zero attached hydrogens (tertiary/aromatic N) is 1. The van der Waals surface area contributed by atoms with E-state index in [0.29, 0.717) is 5.92 Å². The van der Waals surface area contributed by atoms with E-state index in [1.807, 2.05) is 6.07 Å². The summed E-state index contributed by atoms with van der Waals surface area (Å²) in [6, 6.07) is 10.5. The molecular formula is C16H25NO2. The van der Waals surface area contributed by atoms with Gasteiger partial charge in [0.25, 0.3) is 0 Å². The Labute approximate surface area is 116 Å². The number of likely N-dealkylation sites (tertiary alicyclic amines) is 1. The molecule has 0 radical (unpaired) electrons. The minimum Gasteiger partial charge on any atom is -0.384 e. The Morgan fingerprint density at radius 1 is 1.26 bits per heavy atom. The third kappa shape index (κ3) is 4.30. The Balaban J connectivity index is 1.91. The number of methoxy groups -OCH3 is 2. The van der Waals surface area contributed by atoms with Crippen molar-refractivity contribution in [1.82, 2.24) is 4.90 Å². The summed E-state index contributed by atoms with van der Waals surface area (Å²) in [5.74, 6) is 0.673. The number of rotatable bonds is 6. The van der Waals surface area contributed by atoms with E-state index in [1.54, 1.807) is 14.2 Å². The second kappa shape index (κ2) is 7.63. The molecule has 3 nitrogen and oxygen atoms in total. The summed E-state index contributed by atoms with van der Waals surface area (Å²) in [5, 5.41) is 0. The van der Waals surface area contributed by atoms with Crippen LogP contribution in [0.15, 0.2) is 30.3 Å². The van der Waals surface area contributed by atoms with Gasteiger partial charge in [0.05, 0.1) is 12.7 Å². The molecule has 1 fully saturated rings. The van der Waals surface area contributed by atoms with Crippen LogP contribution in [0.4, 0.5) is 0 Å². The maximum absolute atomic E-state index is 5.66. The molecule has 19 heavy (non-hydrogen) atoms. The topological polar surface area (TPSA) is 21.7 Å². The van der Waals surface area contributed by atoms with Crippen molar-refractivity contribution < 1.29 is 9.47 Å². The van der Waals surface area contributed by atoms with Crippen LogP contribution in [-0.4, -0.2) is 45.4 Å². The predicted molar refractivity (Wildman–Crippen MR) is 77.2 cm³/mol. The Morgan fingerprint density at radius 3 is 2.74 bits per heavy atom.